The first kappa shape index (κ1) is 18.4. The maximum absolute atomic E-state index is 13.2. The molecule has 0 aliphatic carbocycles. The zero-order chi connectivity index (χ0) is 19.1. The van der Waals surface area contributed by atoms with Gasteiger partial charge in [-0.05, 0) is 52.1 Å². The van der Waals surface area contributed by atoms with Crippen LogP contribution in [-0.4, -0.2) is 47.1 Å². The maximum Gasteiger partial charge on any atom is 0.335 e. The van der Waals surface area contributed by atoms with E-state index < -0.39 is 34.8 Å². The fourth-order valence-corrected chi connectivity index (χ4v) is 3.54. The predicted octanol–water partition coefficient (Wildman–Crippen LogP) is 2.04. The van der Waals surface area contributed by atoms with E-state index in [0.29, 0.717) is 31.7 Å². The number of carboxylic acid groups (broad SMARTS) is 1. The number of piperidine rings is 1. The van der Waals surface area contributed by atoms with E-state index in [0.717, 1.165) is 0 Å². The molecule has 3 rings (SSSR count). The first-order valence-electron chi connectivity index (χ1n) is 8.67. The molecule has 1 saturated heterocycles. The zero-order valence-electron chi connectivity index (χ0n) is 15.1. The summed E-state index contributed by atoms with van der Waals surface area (Å²) in [6, 6.07) is 4.16. The number of carboxylic acids is 1. The van der Waals surface area contributed by atoms with E-state index >= 15 is 0 Å². The lowest BCUT2D eigenvalue weighted by atomic mass is 9.73. The van der Waals surface area contributed by atoms with E-state index in [1.54, 1.807) is 20.8 Å². The summed E-state index contributed by atoms with van der Waals surface area (Å²) in [6.45, 7) is 6.46. The van der Waals surface area contributed by atoms with Crippen LogP contribution in [0.4, 0.5) is 0 Å². The van der Waals surface area contributed by atoms with Crippen LogP contribution in [0.5, 0.6) is 5.75 Å². The van der Waals surface area contributed by atoms with Gasteiger partial charge in [-0.2, -0.15) is 0 Å². The van der Waals surface area contributed by atoms with Gasteiger partial charge in [-0.1, -0.05) is 0 Å². The summed E-state index contributed by atoms with van der Waals surface area (Å²) < 4.78 is 11.7. The summed E-state index contributed by atoms with van der Waals surface area (Å²) in [6.07, 6.45) is 0.978. The quantitative estimate of drug-likeness (QED) is 0.614. The number of esters is 1. The number of ketones is 1. The first-order valence-corrected chi connectivity index (χ1v) is 8.67. The molecule has 2 N–H and O–H groups in total. The monoisotopic (exact) mass is 361 g/mol. The molecule has 1 atom stereocenters. The minimum absolute atomic E-state index is 0.0232. The summed E-state index contributed by atoms with van der Waals surface area (Å²) in [7, 11) is 0. The highest BCUT2D eigenvalue weighted by Gasteiger charge is 2.55. The lowest BCUT2D eigenvalue weighted by molar-refractivity contribution is -0.166. The average Bonchev–Trinajstić information content (AvgIpc) is 2.53. The van der Waals surface area contributed by atoms with Crippen LogP contribution in [0.25, 0.3) is 0 Å². The number of hydrogen-bond acceptors (Lipinski definition) is 6. The molecule has 7 heteroatoms. The van der Waals surface area contributed by atoms with Crippen LogP contribution in [0.1, 0.15) is 54.3 Å². The standard InChI is InChI=1S/C19H23NO6/c1-18(2,3)26-17(24)14-15(21)12-10-11(16(22)23)4-5-13(12)25-19(14)6-8-20-9-7-19/h4-5,10,14,20H,6-9H2,1-3H3,(H,22,23). The third kappa shape index (κ3) is 3.31. The third-order valence-electron chi connectivity index (χ3n) is 4.69. The van der Waals surface area contributed by atoms with Crippen LogP contribution in [0.15, 0.2) is 18.2 Å². The zero-order valence-corrected chi connectivity index (χ0v) is 15.1. The number of hydrogen-bond donors (Lipinski definition) is 2. The van der Waals surface area contributed by atoms with Crippen LogP contribution in [-0.2, 0) is 9.53 Å². The van der Waals surface area contributed by atoms with E-state index in [9.17, 15) is 19.5 Å². The lowest BCUT2D eigenvalue weighted by Gasteiger charge is -2.45. The van der Waals surface area contributed by atoms with Gasteiger partial charge in [0.2, 0.25) is 0 Å². The Labute approximate surface area is 151 Å². The Morgan fingerprint density at radius 1 is 1.27 bits per heavy atom. The molecule has 1 unspecified atom stereocenters. The van der Waals surface area contributed by atoms with Gasteiger partial charge >= 0.3 is 11.9 Å². The Kier molecular flexibility index (Phi) is 4.52. The number of carbonyl (C=O) groups is 3. The number of aromatic carboxylic acids is 1. The molecule has 1 fully saturated rings. The van der Waals surface area contributed by atoms with Crippen molar-refractivity contribution in [1.29, 1.82) is 0 Å². The third-order valence-corrected chi connectivity index (χ3v) is 4.69. The second-order valence-corrected chi connectivity index (χ2v) is 7.76. The normalized spacial score (nSPS) is 21.7. The molecule has 7 nitrogen and oxygen atoms in total. The number of fused-ring (bicyclic) bond motifs is 1. The summed E-state index contributed by atoms with van der Waals surface area (Å²) >= 11 is 0. The van der Waals surface area contributed by atoms with Gasteiger partial charge < -0.3 is 19.9 Å². The van der Waals surface area contributed by atoms with Gasteiger partial charge in [-0.15, -0.1) is 0 Å². The molecule has 2 aliphatic rings. The van der Waals surface area contributed by atoms with Gasteiger partial charge in [-0.25, -0.2) is 4.79 Å². The average molecular weight is 361 g/mol. The highest BCUT2D eigenvalue weighted by molar-refractivity contribution is 6.13. The molecule has 1 aromatic carbocycles. The van der Waals surface area contributed by atoms with Gasteiger partial charge in [0, 0.05) is 12.8 Å². The Bertz CT molecular complexity index is 758. The summed E-state index contributed by atoms with van der Waals surface area (Å²) in [5.41, 5.74) is -1.62. The second kappa shape index (κ2) is 6.39. The topological polar surface area (TPSA) is 102 Å². The molecule has 140 valence electrons. The maximum atomic E-state index is 13.2. The highest BCUT2D eigenvalue weighted by atomic mass is 16.6. The van der Waals surface area contributed by atoms with Crippen molar-refractivity contribution >= 4 is 17.7 Å². The number of rotatable bonds is 2. The summed E-state index contributed by atoms with van der Waals surface area (Å²) in [4.78, 5) is 37.3. The Balaban J connectivity index is 2.06. The Hall–Kier alpha value is -2.41. The van der Waals surface area contributed by atoms with E-state index in [2.05, 4.69) is 5.32 Å². The molecule has 26 heavy (non-hydrogen) atoms. The van der Waals surface area contributed by atoms with Crippen molar-refractivity contribution in [1.82, 2.24) is 5.32 Å². The number of ether oxygens (including phenoxy) is 2. The van der Waals surface area contributed by atoms with Crippen molar-refractivity contribution in [3.05, 3.63) is 29.3 Å². The van der Waals surface area contributed by atoms with Crippen LogP contribution >= 0.6 is 0 Å². The minimum atomic E-state index is -1.14. The lowest BCUT2D eigenvalue weighted by Crippen LogP contribution is -2.59. The van der Waals surface area contributed by atoms with E-state index in [1.165, 1.54) is 18.2 Å². The fraction of sp³-hybridized carbons (Fsp3) is 0.526. The molecule has 0 amide bonds. The molecule has 0 saturated carbocycles. The smallest absolute Gasteiger partial charge is 0.335 e. The molecule has 0 aromatic heterocycles. The molecule has 2 heterocycles. The van der Waals surface area contributed by atoms with Gasteiger partial charge in [-0.3, -0.25) is 9.59 Å². The van der Waals surface area contributed by atoms with Crippen LogP contribution in [0, 0.1) is 5.92 Å². The molecule has 2 aliphatic heterocycles. The predicted molar refractivity (Wildman–Crippen MR) is 92.5 cm³/mol. The van der Waals surface area contributed by atoms with Gasteiger partial charge in [0.1, 0.15) is 17.0 Å². The first-order chi connectivity index (χ1) is 12.1. The van der Waals surface area contributed by atoms with E-state index in [1.807, 2.05) is 0 Å². The molecule has 0 bridgehead atoms. The Morgan fingerprint density at radius 3 is 2.50 bits per heavy atom. The summed E-state index contributed by atoms with van der Waals surface area (Å²) in [5.74, 6) is -3.00. The largest absolute Gasteiger partial charge is 0.485 e. The molecular formula is C19H23NO6. The van der Waals surface area contributed by atoms with Crippen molar-refractivity contribution in [2.75, 3.05) is 13.1 Å². The van der Waals surface area contributed by atoms with Crippen LogP contribution < -0.4 is 10.1 Å². The fourth-order valence-electron chi connectivity index (χ4n) is 3.54. The van der Waals surface area contributed by atoms with Gasteiger partial charge in [0.15, 0.2) is 11.7 Å². The Morgan fingerprint density at radius 2 is 1.92 bits per heavy atom. The van der Waals surface area contributed by atoms with Crippen molar-refractivity contribution in [2.45, 2.75) is 44.8 Å². The van der Waals surface area contributed by atoms with Gasteiger partial charge in [0.25, 0.3) is 0 Å². The van der Waals surface area contributed by atoms with Crippen molar-refractivity contribution in [2.24, 2.45) is 5.92 Å². The number of carbonyl (C=O) groups excluding carboxylic acids is 2. The molecule has 1 spiro atoms. The molecular weight excluding hydrogens is 338 g/mol. The van der Waals surface area contributed by atoms with Gasteiger partial charge in [0.05, 0.1) is 11.1 Å². The number of benzene rings is 1. The van der Waals surface area contributed by atoms with Crippen LogP contribution in [0.2, 0.25) is 0 Å². The van der Waals surface area contributed by atoms with E-state index in [-0.39, 0.29) is 11.1 Å². The molecule has 0 radical (unpaired) electrons. The summed E-state index contributed by atoms with van der Waals surface area (Å²) in [5, 5.41) is 12.4. The molecule has 1 aromatic rings. The number of nitrogens with one attached hydrogen (secondary N) is 1. The van der Waals surface area contributed by atoms with Crippen LogP contribution in [0.3, 0.4) is 0 Å². The van der Waals surface area contributed by atoms with Crippen molar-refractivity contribution in [3.63, 3.8) is 0 Å². The highest BCUT2D eigenvalue weighted by Crippen LogP contribution is 2.43. The van der Waals surface area contributed by atoms with Crippen molar-refractivity contribution in [3.8, 4) is 5.75 Å². The van der Waals surface area contributed by atoms with E-state index in [4.69, 9.17) is 9.47 Å². The number of Topliss-reactive ketones (excluding diaryl/α,β-unsaturated/α-hetero) is 1. The second-order valence-electron chi connectivity index (χ2n) is 7.76. The SMILES string of the molecule is CC(C)(C)OC(=O)C1C(=O)c2cc(C(=O)O)ccc2OC12CCNCC2. The minimum Gasteiger partial charge on any atom is -0.485 e. The van der Waals surface area contributed by atoms with Crippen molar-refractivity contribution < 1.29 is 29.0 Å².